The third-order valence-corrected chi connectivity index (χ3v) is 8.37. The van der Waals surface area contributed by atoms with Gasteiger partial charge < -0.3 is 10.0 Å². The number of carboxylic acid groups (broad SMARTS) is 1. The number of likely N-dealkylation sites (tertiary alicyclic amines) is 2. The van der Waals surface area contributed by atoms with E-state index in [0.717, 1.165) is 45.2 Å². The molecule has 0 radical (unpaired) electrons. The van der Waals surface area contributed by atoms with Crippen molar-refractivity contribution in [3.05, 3.63) is 63.9 Å². The minimum atomic E-state index is -0.928. The number of carboxylic acids is 1. The van der Waals surface area contributed by atoms with Crippen LogP contribution in [-0.2, 0) is 28.9 Å². The maximum absolute atomic E-state index is 13.3. The number of hydrogen-bond acceptors (Lipinski definition) is 4. The van der Waals surface area contributed by atoms with Crippen molar-refractivity contribution in [2.45, 2.75) is 57.4 Å². The van der Waals surface area contributed by atoms with E-state index >= 15 is 0 Å². The number of carbonyl (C=O) groups excluding carboxylic acids is 1. The van der Waals surface area contributed by atoms with Crippen molar-refractivity contribution < 1.29 is 14.7 Å². The van der Waals surface area contributed by atoms with Gasteiger partial charge in [0.1, 0.15) is 6.04 Å². The number of benzene rings is 1. The molecular weight excluding hydrogens is 462 g/mol. The van der Waals surface area contributed by atoms with Crippen molar-refractivity contribution >= 4 is 23.5 Å². The van der Waals surface area contributed by atoms with Gasteiger partial charge in [-0.25, -0.2) is 0 Å². The molecule has 186 valence electrons. The monoisotopic (exact) mass is 495 g/mol. The highest BCUT2D eigenvalue weighted by Crippen LogP contribution is 2.33. The summed E-state index contributed by atoms with van der Waals surface area (Å²) in [6.07, 6.45) is 8.46. The average Bonchev–Trinajstić information content (AvgIpc) is 3.35. The molecular formula is C28H34ClN3O3. The van der Waals surface area contributed by atoms with Crippen molar-refractivity contribution in [3.63, 3.8) is 0 Å². The molecule has 7 heteroatoms. The SMILES string of the molecule is O=C(O)[C@@H](c1ccccc1Cl)N1CC[C@@H](C(=O)N2CCC(Cc3ccc4c(n3)CCCC4)CC2)C1. The van der Waals surface area contributed by atoms with Gasteiger partial charge >= 0.3 is 5.97 Å². The van der Waals surface area contributed by atoms with Gasteiger partial charge in [-0.3, -0.25) is 19.5 Å². The topological polar surface area (TPSA) is 73.7 Å². The van der Waals surface area contributed by atoms with E-state index in [0.29, 0.717) is 36.0 Å². The van der Waals surface area contributed by atoms with Crippen molar-refractivity contribution in [2.75, 3.05) is 26.2 Å². The number of pyridine rings is 1. The lowest BCUT2D eigenvalue weighted by Crippen LogP contribution is -2.43. The van der Waals surface area contributed by atoms with Crippen LogP contribution < -0.4 is 0 Å². The van der Waals surface area contributed by atoms with Gasteiger partial charge in [0.25, 0.3) is 0 Å². The van der Waals surface area contributed by atoms with E-state index in [1.54, 1.807) is 24.3 Å². The smallest absolute Gasteiger partial charge is 0.325 e. The lowest BCUT2D eigenvalue weighted by molar-refractivity contribution is -0.144. The van der Waals surface area contributed by atoms with E-state index in [1.807, 2.05) is 9.80 Å². The number of aromatic nitrogens is 1. The molecule has 3 heterocycles. The molecule has 2 saturated heterocycles. The summed E-state index contributed by atoms with van der Waals surface area (Å²) in [7, 11) is 0. The molecule has 5 rings (SSSR count). The highest BCUT2D eigenvalue weighted by atomic mass is 35.5. The molecule has 6 nitrogen and oxygen atoms in total. The standard InChI is InChI=1S/C28H34ClN3O3/c29-24-7-3-2-6-23(24)26(28(34)35)32-16-13-21(18-32)27(33)31-14-11-19(12-15-31)17-22-10-9-20-5-1-4-8-25(20)30-22/h2-3,6-7,9-10,19,21,26H,1,4-5,8,11-18H2,(H,34,35)/t21-,26-/m1/s1. The molecule has 35 heavy (non-hydrogen) atoms. The van der Waals surface area contributed by atoms with Crippen LogP contribution >= 0.6 is 11.6 Å². The first-order chi connectivity index (χ1) is 17.0. The van der Waals surface area contributed by atoms with Crippen molar-refractivity contribution in [2.24, 2.45) is 11.8 Å². The minimum Gasteiger partial charge on any atom is -0.480 e. The molecule has 1 aliphatic carbocycles. The number of nitrogens with zero attached hydrogens (tertiary/aromatic N) is 3. The predicted molar refractivity (Wildman–Crippen MR) is 135 cm³/mol. The molecule has 1 N–H and O–H groups in total. The second-order valence-corrected chi connectivity index (χ2v) is 10.7. The number of amides is 1. The molecule has 0 bridgehead atoms. The summed E-state index contributed by atoms with van der Waals surface area (Å²) < 4.78 is 0. The van der Waals surface area contributed by atoms with Crippen molar-refractivity contribution in [1.82, 2.24) is 14.8 Å². The fourth-order valence-electron chi connectivity index (χ4n) is 6.06. The van der Waals surface area contributed by atoms with Crippen LogP contribution in [0.1, 0.15) is 60.7 Å². The van der Waals surface area contributed by atoms with E-state index < -0.39 is 12.0 Å². The van der Waals surface area contributed by atoms with Gasteiger partial charge in [0.05, 0.1) is 5.92 Å². The molecule has 0 spiro atoms. The number of carbonyl (C=O) groups is 2. The van der Waals surface area contributed by atoms with Crippen molar-refractivity contribution in [1.29, 1.82) is 0 Å². The molecule has 2 aromatic rings. The molecule has 0 unspecified atom stereocenters. The highest BCUT2D eigenvalue weighted by Gasteiger charge is 2.39. The summed E-state index contributed by atoms with van der Waals surface area (Å²) in [5.74, 6) is -0.355. The zero-order valence-electron chi connectivity index (χ0n) is 20.2. The molecule has 1 amide bonds. The van der Waals surface area contributed by atoms with Crippen LogP contribution in [0.15, 0.2) is 36.4 Å². The van der Waals surface area contributed by atoms with Gasteiger partial charge in [-0.1, -0.05) is 35.9 Å². The fourth-order valence-corrected chi connectivity index (χ4v) is 6.30. The first-order valence-corrected chi connectivity index (χ1v) is 13.3. The summed E-state index contributed by atoms with van der Waals surface area (Å²) in [6, 6.07) is 10.7. The Morgan fingerprint density at radius 2 is 1.80 bits per heavy atom. The Labute approximate surface area is 212 Å². The molecule has 0 saturated carbocycles. The van der Waals surface area contributed by atoms with Gasteiger partial charge in [-0.05, 0) is 80.5 Å². The lowest BCUT2D eigenvalue weighted by Gasteiger charge is -2.34. The number of aryl methyl sites for hydroxylation is 2. The average molecular weight is 496 g/mol. The molecule has 1 aromatic heterocycles. The molecule has 2 fully saturated rings. The number of hydrogen-bond donors (Lipinski definition) is 1. The Morgan fingerprint density at radius 1 is 1.03 bits per heavy atom. The Hall–Kier alpha value is -2.44. The second-order valence-electron chi connectivity index (χ2n) is 10.3. The Morgan fingerprint density at radius 3 is 2.57 bits per heavy atom. The Bertz CT molecular complexity index is 1080. The third-order valence-electron chi connectivity index (χ3n) is 8.03. The number of fused-ring (bicyclic) bond motifs is 1. The molecule has 2 atom stereocenters. The van der Waals surface area contributed by atoms with Crippen LogP contribution in [0.2, 0.25) is 5.02 Å². The molecule has 3 aliphatic rings. The van der Waals surface area contributed by atoms with E-state index in [2.05, 4.69) is 12.1 Å². The number of piperidine rings is 1. The fraction of sp³-hybridized carbons (Fsp3) is 0.536. The van der Waals surface area contributed by atoms with E-state index in [9.17, 15) is 14.7 Å². The largest absolute Gasteiger partial charge is 0.480 e. The zero-order valence-corrected chi connectivity index (χ0v) is 20.9. The minimum absolute atomic E-state index is 0.154. The quantitative estimate of drug-likeness (QED) is 0.636. The van der Waals surface area contributed by atoms with E-state index in [-0.39, 0.29) is 11.8 Å². The van der Waals surface area contributed by atoms with Gasteiger partial charge in [-0.2, -0.15) is 0 Å². The summed E-state index contributed by atoms with van der Waals surface area (Å²) in [5.41, 5.74) is 4.50. The van der Waals surface area contributed by atoms with Crippen molar-refractivity contribution in [3.8, 4) is 0 Å². The number of aliphatic carboxylic acids is 1. The first kappa shape index (κ1) is 24.3. The van der Waals surface area contributed by atoms with Crippen LogP contribution in [-0.4, -0.2) is 57.9 Å². The number of rotatable bonds is 6. The zero-order chi connectivity index (χ0) is 24.4. The summed E-state index contributed by atoms with van der Waals surface area (Å²) in [5, 5.41) is 10.3. The third kappa shape index (κ3) is 5.39. The van der Waals surface area contributed by atoms with Crippen LogP contribution in [0.25, 0.3) is 0 Å². The predicted octanol–water partition coefficient (Wildman–Crippen LogP) is 4.54. The summed E-state index contributed by atoms with van der Waals surface area (Å²) in [4.78, 5) is 34.2. The van der Waals surface area contributed by atoms with Gasteiger partial charge in [0.15, 0.2) is 0 Å². The maximum atomic E-state index is 13.3. The van der Waals surface area contributed by atoms with Gasteiger partial charge in [0, 0.05) is 42.6 Å². The Kier molecular flexibility index (Phi) is 7.40. The van der Waals surface area contributed by atoms with Crippen LogP contribution in [0, 0.1) is 11.8 Å². The molecule has 2 aliphatic heterocycles. The van der Waals surface area contributed by atoms with Crippen LogP contribution in [0.4, 0.5) is 0 Å². The summed E-state index contributed by atoms with van der Waals surface area (Å²) in [6.45, 7) is 2.59. The number of halogens is 1. The normalized spacial score (nSPS) is 22.1. The van der Waals surface area contributed by atoms with E-state index in [1.165, 1.54) is 29.8 Å². The van der Waals surface area contributed by atoms with E-state index in [4.69, 9.17) is 16.6 Å². The van der Waals surface area contributed by atoms with Crippen LogP contribution in [0.3, 0.4) is 0 Å². The highest BCUT2D eigenvalue weighted by molar-refractivity contribution is 6.31. The summed E-state index contributed by atoms with van der Waals surface area (Å²) >= 11 is 6.30. The van der Waals surface area contributed by atoms with Gasteiger partial charge in [0.2, 0.25) is 5.91 Å². The Balaban J connectivity index is 1.15. The second kappa shape index (κ2) is 10.7. The van der Waals surface area contributed by atoms with Crippen LogP contribution in [0.5, 0.6) is 0 Å². The maximum Gasteiger partial charge on any atom is 0.325 e. The lowest BCUT2D eigenvalue weighted by atomic mass is 9.90. The van der Waals surface area contributed by atoms with Gasteiger partial charge in [-0.15, -0.1) is 0 Å². The molecule has 1 aromatic carbocycles. The first-order valence-electron chi connectivity index (χ1n) is 13.0.